The summed E-state index contributed by atoms with van der Waals surface area (Å²) in [7, 11) is 1.41. The van der Waals surface area contributed by atoms with E-state index in [-0.39, 0.29) is 0 Å². The summed E-state index contributed by atoms with van der Waals surface area (Å²) in [6.45, 7) is 2.46. The molecule has 0 aromatic heterocycles. The summed E-state index contributed by atoms with van der Waals surface area (Å²) >= 11 is 0. The van der Waals surface area contributed by atoms with Crippen molar-refractivity contribution in [3.63, 3.8) is 0 Å². The van der Waals surface area contributed by atoms with Gasteiger partial charge < -0.3 is 0 Å². The smallest absolute Gasteiger partial charge is 0.0103 e. The first-order valence-electron chi connectivity index (χ1n) is 4.21. The molecular weight excluding hydrogens is 124 g/mol. The number of rotatable bonds is 0. The van der Waals surface area contributed by atoms with Gasteiger partial charge in [0.15, 0.2) is 0 Å². The Morgan fingerprint density at radius 3 is 1.89 bits per heavy atom. The summed E-state index contributed by atoms with van der Waals surface area (Å²) in [6, 6.07) is 0. The van der Waals surface area contributed by atoms with Gasteiger partial charge in [0.25, 0.3) is 0 Å². The van der Waals surface area contributed by atoms with Crippen LogP contribution in [0.15, 0.2) is 0 Å². The molecule has 0 atom stereocenters. The van der Waals surface area contributed by atoms with Gasteiger partial charge in [-0.15, -0.1) is 0 Å². The molecule has 0 amide bonds. The van der Waals surface area contributed by atoms with Gasteiger partial charge in [-0.1, -0.05) is 45.4 Å². The third kappa shape index (κ3) is 2.52. The van der Waals surface area contributed by atoms with E-state index in [9.17, 15) is 0 Å². The lowest BCUT2D eigenvalue weighted by Crippen LogP contribution is -2.05. The molecule has 0 aliphatic heterocycles. The van der Waals surface area contributed by atoms with E-state index in [1.165, 1.54) is 48.8 Å². The highest BCUT2D eigenvalue weighted by Gasteiger charge is 2.18. The molecule has 1 heteroatoms. The summed E-state index contributed by atoms with van der Waals surface area (Å²) in [6.07, 6.45) is 9.02. The van der Waals surface area contributed by atoms with Crippen LogP contribution < -0.4 is 0 Å². The van der Waals surface area contributed by atoms with Crippen molar-refractivity contribution in [1.29, 1.82) is 0 Å². The quantitative estimate of drug-likeness (QED) is 0.358. The molecule has 1 aliphatic carbocycles. The van der Waals surface area contributed by atoms with Gasteiger partial charge in [0.05, 0.1) is 0 Å². The lowest BCUT2D eigenvalue weighted by molar-refractivity contribution is 0.530. The zero-order valence-electron chi connectivity index (χ0n) is 6.74. The summed E-state index contributed by atoms with van der Waals surface area (Å²) in [4.78, 5) is 0. The third-order valence-corrected chi connectivity index (χ3v) is 3.46. The van der Waals surface area contributed by atoms with E-state index in [4.69, 9.17) is 0 Å². The molecule has 1 fully saturated rings. The van der Waals surface area contributed by atoms with E-state index >= 15 is 0 Å². The molecule has 0 aromatic carbocycles. The largest absolute Gasteiger partial charge is 0.0630 e. The Balaban J connectivity index is 2.36. The molecule has 0 unspecified atom stereocenters. The maximum Gasteiger partial charge on any atom is 0.0103 e. The van der Waals surface area contributed by atoms with Gasteiger partial charge in [-0.3, -0.25) is 0 Å². The van der Waals surface area contributed by atoms with Crippen LogP contribution in [0.2, 0.25) is 5.04 Å². The Hall–Kier alpha value is 0.217. The SMILES string of the molecule is CC1([SiH3])CCCCCC1. The van der Waals surface area contributed by atoms with Crippen molar-refractivity contribution in [2.24, 2.45) is 0 Å². The minimum Gasteiger partial charge on any atom is -0.0630 e. The van der Waals surface area contributed by atoms with Crippen molar-refractivity contribution < 1.29 is 0 Å². The summed E-state index contributed by atoms with van der Waals surface area (Å²) in [5.41, 5.74) is 0. The topological polar surface area (TPSA) is 0 Å². The van der Waals surface area contributed by atoms with E-state index in [0.717, 1.165) is 5.04 Å². The number of hydrogen-bond donors (Lipinski definition) is 0. The third-order valence-electron chi connectivity index (χ3n) is 2.46. The highest BCUT2D eigenvalue weighted by atomic mass is 28.1. The fourth-order valence-corrected chi connectivity index (χ4v) is 2.39. The molecule has 0 radical (unpaired) electrons. The molecule has 0 nitrogen and oxygen atoms in total. The molecule has 1 rings (SSSR count). The molecule has 0 spiro atoms. The van der Waals surface area contributed by atoms with Gasteiger partial charge in [-0.05, 0) is 5.04 Å². The van der Waals surface area contributed by atoms with Crippen LogP contribution in [-0.4, -0.2) is 10.2 Å². The second kappa shape index (κ2) is 2.87. The zero-order valence-corrected chi connectivity index (χ0v) is 8.74. The van der Waals surface area contributed by atoms with Crippen LogP contribution in [0, 0.1) is 0 Å². The predicted octanol–water partition coefficient (Wildman–Crippen LogP) is 1.88. The van der Waals surface area contributed by atoms with Crippen molar-refractivity contribution in [3.05, 3.63) is 0 Å². The minimum absolute atomic E-state index is 0.802. The normalized spacial score (nSPS) is 27.7. The summed E-state index contributed by atoms with van der Waals surface area (Å²) in [5, 5.41) is 0.802. The first-order valence-corrected chi connectivity index (χ1v) is 5.21. The van der Waals surface area contributed by atoms with E-state index in [0.29, 0.717) is 0 Å². The van der Waals surface area contributed by atoms with Gasteiger partial charge in [0.1, 0.15) is 0 Å². The van der Waals surface area contributed by atoms with Crippen molar-refractivity contribution in [1.82, 2.24) is 0 Å². The first kappa shape index (κ1) is 7.33. The molecule has 9 heavy (non-hydrogen) atoms. The molecule has 0 N–H and O–H groups in total. The van der Waals surface area contributed by atoms with Crippen LogP contribution >= 0.6 is 0 Å². The van der Waals surface area contributed by atoms with Gasteiger partial charge in [-0.2, -0.15) is 0 Å². The van der Waals surface area contributed by atoms with E-state index in [1.54, 1.807) is 0 Å². The van der Waals surface area contributed by atoms with E-state index < -0.39 is 0 Å². The Bertz CT molecular complexity index is 76.6. The van der Waals surface area contributed by atoms with Crippen molar-refractivity contribution in [3.8, 4) is 0 Å². The fourth-order valence-electron chi connectivity index (χ4n) is 1.69. The van der Waals surface area contributed by atoms with Crippen molar-refractivity contribution in [2.75, 3.05) is 0 Å². The van der Waals surface area contributed by atoms with Crippen LogP contribution in [0.3, 0.4) is 0 Å². The van der Waals surface area contributed by atoms with Crippen LogP contribution in [0.4, 0.5) is 0 Å². The van der Waals surface area contributed by atoms with Crippen LogP contribution in [0.25, 0.3) is 0 Å². The molecule has 0 bridgehead atoms. The second-order valence-electron chi connectivity index (χ2n) is 4.08. The van der Waals surface area contributed by atoms with Crippen LogP contribution in [0.5, 0.6) is 0 Å². The molecule has 1 aliphatic rings. The zero-order chi connectivity index (χ0) is 6.74. The fraction of sp³-hybridized carbons (Fsp3) is 1.00. The maximum atomic E-state index is 2.46. The highest BCUT2D eigenvalue weighted by Crippen LogP contribution is 2.37. The molecular formula is C8H18Si. The average molecular weight is 142 g/mol. The minimum atomic E-state index is 0.802. The van der Waals surface area contributed by atoms with Crippen molar-refractivity contribution >= 4 is 10.2 Å². The molecule has 54 valence electrons. The molecule has 1 saturated carbocycles. The summed E-state index contributed by atoms with van der Waals surface area (Å²) < 4.78 is 0. The monoisotopic (exact) mass is 142 g/mol. The van der Waals surface area contributed by atoms with Crippen molar-refractivity contribution in [2.45, 2.75) is 50.5 Å². The first-order chi connectivity index (χ1) is 4.21. The Morgan fingerprint density at radius 1 is 1.00 bits per heavy atom. The Morgan fingerprint density at radius 2 is 1.44 bits per heavy atom. The predicted molar refractivity (Wildman–Crippen MR) is 46.0 cm³/mol. The Kier molecular flexibility index (Phi) is 2.33. The maximum absolute atomic E-state index is 2.46. The lowest BCUT2D eigenvalue weighted by atomic mass is 10.0. The average Bonchev–Trinajstić information content (AvgIpc) is 1.92. The number of hydrogen-bond acceptors (Lipinski definition) is 0. The second-order valence-corrected chi connectivity index (χ2v) is 6.49. The van der Waals surface area contributed by atoms with Gasteiger partial charge in [0.2, 0.25) is 0 Å². The van der Waals surface area contributed by atoms with E-state index in [1.807, 2.05) is 0 Å². The van der Waals surface area contributed by atoms with Crippen LogP contribution in [-0.2, 0) is 0 Å². The Labute approximate surface area is 61.5 Å². The molecule has 0 aromatic rings. The standard InChI is InChI=1S/C8H18Si/c1-8(9)6-4-2-3-5-7-8/h2-7H2,1,9H3. The van der Waals surface area contributed by atoms with Crippen LogP contribution in [0.1, 0.15) is 45.4 Å². The van der Waals surface area contributed by atoms with Gasteiger partial charge in [-0.25, -0.2) is 0 Å². The highest BCUT2D eigenvalue weighted by molar-refractivity contribution is 6.14. The molecule has 0 saturated heterocycles. The molecule has 0 heterocycles. The van der Waals surface area contributed by atoms with E-state index in [2.05, 4.69) is 6.92 Å². The van der Waals surface area contributed by atoms with Gasteiger partial charge in [0, 0.05) is 10.2 Å². The lowest BCUT2D eigenvalue weighted by Gasteiger charge is -2.20. The van der Waals surface area contributed by atoms with Gasteiger partial charge >= 0.3 is 0 Å². The summed E-state index contributed by atoms with van der Waals surface area (Å²) in [5.74, 6) is 0.